The molecule has 17 heavy (non-hydrogen) atoms. The average molecular weight is 278 g/mol. The van der Waals surface area contributed by atoms with E-state index in [1.165, 1.54) is 24.9 Å². The highest BCUT2D eigenvalue weighted by atomic mass is 35.5. The van der Waals surface area contributed by atoms with E-state index in [1.54, 1.807) is 12.1 Å². The van der Waals surface area contributed by atoms with Gasteiger partial charge >= 0.3 is 5.97 Å². The van der Waals surface area contributed by atoms with E-state index < -0.39 is 12.0 Å². The Kier molecular flexibility index (Phi) is 5.74. The van der Waals surface area contributed by atoms with Crippen LogP contribution in [-0.2, 0) is 15.3 Å². The van der Waals surface area contributed by atoms with E-state index in [2.05, 4.69) is 4.74 Å². The van der Waals surface area contributed by atoms with Crippen LogP contribution in [-0.4, -0.2) is 24.9 Å². The minimum absolute atomic E-state index is 0.350. The van der Waals surface area contributed by atoms with E-state index >= 15 is 0 Å². The van der Waals surface area contributed by atoms with Gasteiger partial charge in [-0.15, -0.1) is 0 Å². The first-order chi connectivity index (χ1) is 8.06. The third-order valence-corrected chi connectivity index (χ3v) is 3.55. The number of carbonyl (C=O) groups excluding carboxylic acids is 1. The van der Waals surface area contributed by atoms with Gasteiger partial charge in [0, 0.05) is 22.1 Å². The lowest BCUT2D eigenvalue weighted by atomic mass is 10.2. The van der Waals surface area contributed by atoms with Gasteiger partial charge in [0.15, 0.2) is 0 Å². The van der Waals surface area contributed by atoms with Gasteiger partial charge in [-0.05, 0) is 12.1 Å². The van der Waals surface area contributed by atoms with Crippen LogP contribution in [0.25, 0.3) is 0 Å². The smallest absolute Gasteiger partial charge is 0.323 e. The van der Waals surface area contributed by atoms with Crippen LogP contribution in [0.1, 0.15) is 5.56 Å². The van der Waals surface area contributed by atoms with Crippen LogP contribution in [0.4, 0.5) is 4.39 Å². The topological polar surface area (TPSA) is 52.3 Å². The molecule has 0 spiro atoms. The Morgan fingerprint density at radius 3 is 2.94 bits per heavy atom. The van der Waals surface area contributed by atoms with E-state index in [0.29, 0.717) is 22.1 Å². The molecule has 94 valence electrons. The largest absolute Gasteiger partial charge is 0.468 e. The van der Waals surface area contributed by atoms with Crippen molar-refractivity contribution in [1.82, 2.24) is 0 Å². The van der Waals surface area contributed by atoms with E-state index in [9.17, 15) is 9.18 Å². The van der Waals surface area contributed by atoms with Gasteiger partial charge in [0.05, 0.1) is 7.11 Å². The Morgan fingerprint density at radius 1 is 1.65 bits per heavy atom. The van der Waals surface area contributed by atoms with Crippen molar-refractivity contribution in [3.05, 3.63) is 34.6 Å². The predicted molar refractivity (Wildman–Crippen MR) is 67.6 cm³/mol. The second-order valence-corrected chi connectivity index (χ2v) is 4.78. The number of methoxy groups -OCH3 is 1. The molecule has 1 aromatic carbocycles. The first-order valence-electron chi connectivity index (χ1n) is 4.90. The van der Waals surface area contributed by atoms with E-state index in [-0.39, 0.29) is 5.82 Å². The number of thioether (sulfide) groups is 1. The predicted octanol–water partition coefficient (Wildman–Crippen LogP) is 2.21. The van der Waals surface area contributed by atoms with Crippen molar-refractivity contribution in [3.63, 3.8) is 0 Å². The average Bonchev–Trinajstić information content (AvgIpc) is 2.31. The summed E-state index contributed by atoms with van der Waals surface area (Å²) in [5, 5.41) is 0.379. The molecule has 2 N–H and O–H groups in total. The fourth-order valence-corrected chi connectivity index (χ4v) is 2.49. The normalized spacial score (nSPS) is 12.2. The molecular weight excluding hydrogens is 265 g/mol. The second-order valence-electron chi connectivity index (χ2n) is 3.34. The van der Waals surface area contributed by atoms with Crippen LogP contribution < -0.4 is 5.73 Å². The lowest BCUT2D eigenvalue weighted by molar-refractivity contribution is -0.141. The third kappa shape index (κ3) is 4.18. The van der Waals surface area contributed by atoms with Gasteiger partial charge in [0.2, 0.25) is 0 Å². The number of ether oxygens (including phenoxy) is 1. The number of benzene rings is 1. The fourth-order valence-electron chi connectivity index (χ4n) is 1.18. The van der Waals surface area contributed by atoms with Gasteiger partial charge in [-0.25, -0.2) is 4.39 Å². The fraction of sp³-hybridized carbons (Fsp3) is 0.364. The molecule has 0 heterocycles. The Morgan fingerprint density at radius 2 is 2.35 bits per heavy atom. The van der Waals surface area contributed by atoms with Crippen molar-refractivity contribution in [3.8, 4) is 0 Å². The number of esters is 1. The summed E-state index contributed by atoms with van der Waals surface area (Å²) >= 11 is 7.19. The Bertz CT molecular complexity index is 383. The van der Waals surface area contributed by atoms with Crippen molar-refractivity contribution in [2.24, 2.45) is 5.73 Å². The van der Waals surface area contributed by atoms with Gasteiger partial charge in [0.25, 0.3) is 0 Å². The summed E-state index contributed by atoms with van der Waals surface area (Å²) in [5.41, 5.74) is 5.97. The Balaban J connectivity index is 2.49. The van der Waals surface area contributed by atoms with Crippen molar-refractivity contribution in [1.29, 1.82) is 0 Å². The number of carbonyl (C=O) groups is 1. The third-order valence-electron chi connectivity index (χ3n) is 2.11. The molecule has 6 heteroatoms. The minimum Gasteiger partial charge on any atom is -0.468 e. The highest BCUT2D eigenvalue weighted by Gasteiger charge is 2.14. The highest BCUT2D eigenvalue weighted by Crippen LogP contribution is 2.24. The molecule has 0 fully saturated rings. The van der Waals surface area contributed by atoms with E-state index in [0.717, 1.165) is 0 Å². The summed E-state index contributed by atoms with van der Waals surface area (Å²) in [6.07, 6.45) is 0. The number of nitrogens with two attached hydrogens (primary N) is 1. The van der Waals surface area contributed by atoms with Crippen LogP contribution in [0.3, 0.4) is 0 Å². The van der Waals surface area contributed by atoms with Crippen molar-refractivity contribution < 1.29 is 13.9 Å². The van der Waals surface area contributed by atoms with Crippen LogP contribution in [0.2, 0.25) is 5.02 Å². The van der Waals surface area contributed by atoms with Crippen molar-refractivity contribution >= 4 is 29.3 Å². The second kappa shape index (κ2) is 6.83. The number of hydrogen-bond donors (Lipinski definition) is 1. The maximum atomic E-state index is 13.4. The lowest BCUT2D eigenvalue weighted by Crippen LogP contribution is -2.33. The van der Waals surface area contributed by atoms with Crippen LogP contribution in [0, 0.1) is 5.82 Å². The lowest BCUT2D eigenvalue weighted by Gasteiger charge is -2.09. The van der Waals surface area contributed by atoms with Gasteiger partial charge in [-0.1, -0.05) is 17.7 Å². The molecular formula is C11H13ClFNO2S. The van der Waals surface area contributed by atoms with Crippen molar-refractivity contribution in [2.75, 3.05) is 12.9 Å². The summed E-state index contributed by atoms with van der Waals surface area (Å²) in [7, 11) is 1.28. The van der Waals surface area contributed by atoms with Crippen LogP contribution >= 0.6 is 23.4 Å². The summed E-state index contributed by atoms with van der Waals surface area (Å²) in [5.74, 6) is -0.0955. The molecule has 0 aliphatic rings. The SMILES string of the molecule is COC(=O)C(N)CSCc1c(F)cccc1Cl. The Hall–Kier alpha value is -0.780. The van der Waals surface area contributed by atoms with Gasteiger partial charge < -0.3 is 10.5 Å². The standard InChI is InChI=1S/C11H13ClFNO2S/c1-16-11(15)10(14)6-17-5-7-8(12)3-2-4-9(7)13/h2-4,10H,5-6,14H2,1H3. The van der Waals surface area contributed by atoms with Gasteiger partial charge in [-0.3, -0.25) is 4.79 Å². The van der Waals surface area contributed by atoms with Crippen molar-refractivity contribution in [2.45, 2.75) is 11.8 Å². The first-order valence-corrected chi connectivity index (χ1v) is 6.43. The molecule has 0 aromatic heterocycles. The van der Waals surface area contributed by atoms with Gasteiger partial charge in [0.1, 0.15) is 11.9 Å². The van der Waals surface area contributed by atoms with Gasteiger partial charge in [-0.2, -0.15) is 11.8 Å². The molecule has 0 saturated carbocycles. The Labute approximate surface area is 108 Å². The highest BCUT2D eigenvalue weighted by molar-refractivity contribution is 7.98. The zero-order valence-corrected chi connectivity index (χ0v) is 10.9. The van der Waals surface area contributed by atoms with E-state index in [1.807, 2.05) is 0 Å². The molecule has 1 aromatic rings. The zero-order chi connectivity index (χ0) is 12.8. The number of hydrogen-bond acceptors (Lipinski definition) is 4. The monoisotopic (exact) mass is 277 g/mol. The molecule has 1 atom stereocenters. The van der Waals surface area contributed by atoms with E-state index in [4.69, 9.17) is 17.3 Å². The maximum Gasteiger partial charge on any atom is 0.323 e. The summed E-state index contributed by atoms with van der Waals surface area (Å²) in [6.45, 7) is 0. The molecule has 0 amide bonds. The quantitative estimate of drug-likeness (QED) is 0.839. The molecule has 0 radical (unpaired) electrons. The molecule has 3 nitrogen and oxygen atoms in total. The molecule has 1 unspecified atom stereocenters. The van der Waals surface area contributed by atoms with Crippen LogP contribution in [0.5, 0.6) is 0 Å². The maximum absolute atomic E-state index is 13.4. The molecule has 0 aliphatic heterocycles. The summed E-state index contributed by atoms with van der Waals surface area (Å²) in [4.78, 5) is 11.0. The number of halogens is 2. The molecule has 1 rings (SSSR count). The summed E-state index contributed by atoms with van der Waals surface area (Å²) in [6, 6.07) is 3.82. The molecule has 0 saturated heterocycles. The van der Waals surface area contributed by atoms with Crippen LogP contribution in [0.15, 0.2) is 18.2 Å². The summed E-state index contributed by atoms with van der Waals surface area (Å²) < 4.78 is 17.9. The minimum atomic E-state index is -0.699. The number of rotatable bonds is 5. The molecule has 0 aliphatic carbocycles. The first kappa shape index (κ1) is 14.3. The molecule has 0 bridgehead atoms. The zero-order valence-electron chi connectivity index (χ0n) is 9.28.